The number of amides is 1. The van der Waals surface area contributed by atoms with Crippen LogP contribution in [0.4, 0.5) is 9.52 Å². The van der Waals surface area contributed by atoms with E-state index in [0.29, 0.717) is 23.0 Å². The minimum absolute atomic E-state index is 0.0696. The van der Waals surface area contributed by atoms with Crippen molar-refractivity contribution in [3.05, 3.63) is 57.6 Å². The van der Waals surface area contributed by atoms with Gasteiger partial charge in [0, 0.05) is 18.2 Å². The zero-order chi connectivity index (χ0) is 19.5. The Morgan fingerprint density at radius 3 is 2.82 bits per heavy atom. The Balaban J connectivity index is 1.46. The number of hydrogen-bond acceptors (Lipinski definition) is 7. The first-order chi connectivity index (χ1) is 13.6. The molecule has 0 aliphatic carbocycles. The molecule has 28 heavy (non-hydrogen) atoms. The van der Waals surface area contributed by atoms with Gasteiger partial charge < -0.3 is 4.74 Å². The minimum Gasteiger partial charge on any atom is -0.371 e. The van der Waals surface area contributed by atoms with E-state index in [4.69, 9.17) is 4.74 Å². The highest BCUT2D eigenvalue weighted by Gasteiger charge is 2.22. The lowest BCUT2D eigenvalue weighted by molar-refractivity contribution is -0.117. The van der Waals surface area contributed by atoms with Gasteiger partial charge in [-0.15, -0.1) is 10.2 Å². The van der Waals surface area contributed by atoms with Crippen molar-refractivity contribution in [2.75, 3.05) is 11.9 Å². The normalized spacial score (nSPS) is 16.2. The highest BCUT2D eigenvalue weighted by atomic mass is 32.1. The van der Waals surface area contributed by atoms with Crippen LogP contribution in [0.2, 0.25) is 0 Å². The van der Waals surface area contributed by atoms with E-state index in [1.165, 1.54) is 35.6 Å². The van der Waals surface area contributed by atoms with Crippen LogP contribution in [0.25, 0.3) is 11.3 Å². The predicted octanol–water partition coefficient (Wildman–Crippen LogP) is 2.39. The Morgan fingerprint density at radius 1 is 1.25 bits per heavy atom. The third-order valence-electron chi connectivity index (χ3n) is 4.19. The maximum Gasteiger partial charge on any atom is 0.267 e. The highest BCUT2D eigenvalue weighted by Crippen LogP contribution is 2.31. The van der Waals surface area contributed by atoms with Crippen molar-refractivity contribution in [2.24, 2.45) is 0 Å². The van der Waals surface area contributed by atoms with Gasteiger partial charge in [0.25, 0.3) is 5.56 Å². The van der Waals surface area contributed by atoms with Crippen LogP contribution in [0, 0.1) is 5.82 Å². The molecule has 1 amide bonds. The SMILES string of the molecule is O=C(Cn1nc(-c2ccc(F)cc2)ccc1=O)Nc1nnc(C2CCCO2)s1. The summed E-state index contributed by atoms with van der Waals surface area (Å²) < 4.78 is 19.7. The molecule has 3 aromatic rings. The van der Waals surface area contributed by atoms with E-state index in [0.717, 1.165) is 22.5 Å². The fourth-order valence-electron chi connectivity index (χ4n) is 2.82. The van der Waals surface area contributed by atoms with E-state index >= 15 is 0 Å². The van der Waals surface area contributed by atoms with Crippen LogP contribution in [0.5, 0.6) is 0 Å². The number of nitrogens with one attached hydrogen (secondary N) is 1. The molecule has 0 radical (unpaired) electrons. The molecule has 1 fully saturated rings. The number of carbonyl (C=O) groups excluding carboxylic acids is 1. The summed E-state index contributed by atoms with van der Waals surface area (Å²) in [6, 6.07) is 8.57. The summed E-state index contributed by atoms with van der Waals surface area (Å²) in [5, 5.41) is 15.9. The van der Waals surface area contributed by atoms with E-state index in [9.17, 15) is 14.0 Å². The largest absolute Gasteiger partial charge is 0.371 e. The van der Waals surface area contributed by atoms with Gasteiger partial charge in [0.2, 0.25) is 11.0 Å². The number of carbonyl (C=O) groups is 1. The Morgan fingerprint density at radius 2 is 2.07 bits per heavy atom. The van der Waals surface area contributed by atoms with Crippen molar-refractivity contribution in [1.82, 2.24) is 20.0 Å². The van der Waals surface area contributed by atoms with Gasteiger partial charge in [0.05, 0.1) is 5.69 Å². The van der Waals surface area contributed by atoms with E-state index in [2.05, 4.69) is 20.6 Å². The molecule has 0 saturated carbocycles. The second-order valence-electron chi connectivity index (χ2n) is 6.22. The number of benzene rings is 1. The molecule has 4 rings (SSSR count). The van der Waals surface area contributed by atoms with Crippen LogP contribution in [0.15, 0.2) is 41.2 Å². The lowest BCUT2D eigenvalue weighted by Crippen LogP contribution is -2.29. The molecule has 1 saturated heterocycles. The van der Waals surface area contributed by atoms with Crippen molar-refractivity contribution < 1.29 is 13.9 Å². The van der Waals surface area contributed by atoms with Crippen molar-refractivity contribution >= 4 is 22.4 Å². The van der Waals surface area contributed by atoms with Crippen LogP contribution in [-0.2, 0) is 16.1 Å². The van der Waals surface area contributed by atoms with Gasteiger partial charge in [-0.25, -0.2) is 9.07 Å². The second kappa shape index (κ2) is 7.95. The van der Waals surface area contributed by atoms with Gasteiger partial charge in [0.1, 0.15) is 23.5 Å². The molecule has 10 heteroatoms. The molecule has 8 nitrogen and oxygen atoms in total. The average molecular weight is 401 g/mol. The minimum atomic E-state index is -0.444. The van der Waals surface area contributed by atoms with Crippen molar-refractivity contribution in [1.29, 1.82) is 0 Å². The zero-order valence-electron chi connectivity index (χ0n) is 14.7. The predicted molar refractivity (Wildman–Crippen MR) is 100 cm³/mol. The van der Waals surface area contributed by atoms with Crippen LogP contribution < -0.4 is 10.9 Å². The summed E-state index contributed by atoms with van der Waals surface area (Å²) in [6.45, 7) is 0.424. The van der Waals surface area contributed by atoms with Gasteiger partial charge in [-0.2, -0.15) is 5.10 Å². The molecule has 1 unspecified atom stereocenters. The average Bonchev–Trinajstić information content (AvgIpc) is 3.36. The van der Waals surface area contributed by atoms with Gasteiger partial charge >= 0.3 is 0 Å². The highest BCUT2D eigenvalue weighted by molar-refractivity contribution is 7.15. The lowest BCUT2D eigenvalue weighted by atomic mass is 10.1. The Bertz CT molecular complexity index is 1040. The second-order valence-corrected chi connectivity index (χ2v) is 7.23. The van der Waals surface area contributed by atoms with Gasteiger partial charge in [-0.05, 0) is 43.2 Å². The van der Waals surface area contributed by atoms with Crippen molar-refractivity contribution in [3.8, 4) is 11.3 Å². The summed E-state index contributed by atoms with van der Waals surface area (Å²) in [5.41, 5.74) is 0.684. The first-order valence-corrected chi connectivity index (χ1v) is 9.49. The number of rotatable bonds is 5. The fraction of sp³-hybridized carbons (Fsp3) is 0.278. The van der Waals surface area contributed by atoms with Crippen LogP contribution >= 0.6 is 11.3 Å². The molecule has 1 aromatic carbocycles. The molecule has 3 heterocycles. The van der Waals surface area contributed by atoms with Crippen molar-refractivity contribution in [2.45, 2.75) is 25.5 Å². The molecule has 0 spiro atoms. The third-order valence-corrected chi connectivity index (χ3v) is 5.12. The Hall–Kier alpha value is -2.98. The van der Waals surface area contributed by atoms with Crippen LogP contribution in [0.1, 0.15) is 24.0 Å². The summed E-state index contributed by atoms with van der Waals surface area (Å²) >= 11 is 1.25. The Kier molecular flexibility index (Phi) is 5.22. The van der Waals surface area contributed by atoms with Gasteiger partial charge in [-0.3, -0.25) is 14.9 Å². The molecule has 0 bridgehead atoms. The molecular formula is C18H16FN5O3S. The van der Waals surface area contributed by atoms with Crippen LogP contribution in [0.3, 0.4) is 0 Å². The van der Waals surface area contributed by atoms with E-state index in [-0.39, 0.29) is 18.5 Å². The lowest BCUT2D eigenvalue weighted by Gasteiger charge is -2.07. The smallest absolute Gasteiger partial charge is 0.267 e. The molecule has 144 valence electrons. The number of hydrogen-bond donors (Lipinski definition) is 1. The molecule has 1 aliphatic heterocycles. The molecule has 1 atom stereocenters. The van der Waals surface area contributed by atoms with Gasteiger partial charge in [-0.1, -0.05) is 11.3 Å². The summed E-state index contributed by atoms with van der Waals surface area (Å²) in [5.74, 6) is -0.809. The standard InChI is InChI=1S/C18H16FN5O3S/c19-12-5-3-11(4-6-12)13-7-8-16(26)24(23-13)10-15(25)20-18-22-21-17(28-18)14-2-1-9-27-14/h3-8,14H,1-2,9-10H2,(H,20,22,25). The molecule has 2 aromatic heterocycles. The zero-order valence-corrected chi connectivity index (χ0v) is 15.5. The first-order valence-electron chi connectivity index (χ1n) is 8.67. The number of anilines is 1. The summed E-state index contributed by atoms with van der Waals surface area (Å²) in [4.78, 5) is 24.3. The first kappa shape index (κ1) is 18.4. The third kappa shape index (κ3) is 4.12. The number of nitrogens with zero attached hydrogens (tertiary/aromatic N) is 4. The molecular weight excluding hydrogens is 385 g/mol. The summed E-state index contributed by atoms with van der Waals surface area (Å²) in [7, 11) is 0. The summed E-state index contributed by atoms with van der Waals surface area (Å²) in [6.07, 6.45) is 1.79. The topological polar surface area (TPSA) is 99.0 Å². The van der Waals surface area contributed by atoms with E-state index in [1.807, 2.05) is 0 Å². The van der Waals surface area contributed by atoms with Gasteiger partial charge in [0.15, 0.2) is 0 Å². The van der Waals surface area contributed by atoms with E-state index in [1.54, 1.807) is 12.1 Å². The number of aromatic nitrogens is 4. The fourth-order valence-corrected chi connectivity index (χ4v) is 3.66. The number of ether oxygens (including phenoxy) is 1. The van der Waals surface area contributed by atoms with E-state index < -0.39 is 11.5 Å². The Labute approximate surface area is 163 Å². The monoisotopic (exact) mass is 401 g/mol. The van der Waals surface area contributed by atoms with Crippen molar-refractivity contribution in [3.63, 3.8) is 0 Å². The maximum atomic E-state index is 13.1. The number of halogens is 1. The quantitative estimate of drug-likeness (QED) is 0.705. The molecule has 1 N–H and O–H groups in total. The van der Waals surface area contributed by atoms with Crippen LogP contribution in [-0.4, -0.2) is 32.5 Å². The maximum absolute atomic E-state index is 13.1. The molecule has 1 aliphatic rings.